The fraction of sp³-hybridized carbons (Fsp3) is 0.235. The largest absolute Gasteiger partial charge is 0.292 e. The van der Waals surface area contributed by atoms with Gasteiger partial charge in [-0.25, -0.2) is 12.8 Å². The summed E-state index contributed by atoms with van der Waals surface area (Å²) < 4.78 is 40.3. The molecule has 1 unspecified atom stereocenters. The molecule has 0 heterocycles. The van der Waals surface area contributed by atoms with E-state index < -0.39 is 26.8 Å². The Kier molecular flexibility index (Phi) is 5.28. The first-order valence-corrected chi connectivity index (χ1v) is 8.69. The molecule has 0 fully saturated rings. The monoisotopic (exact) mass is 335 g/mol. The number of halogens is 1. The molecule has 23 heavy (non-hydrogen) atoms. The summed E-state index contributed by atoms with van der Waals surface area (Å²) in [4.78, 5) is 12.1. The maximum absolute atomic E-state index is 13.9. The topological polar surface area (TPSA) is 54.5 Å². The van der Waals surface area contributed by atoms with Gasteiger partial charge in [-0.2, -0.15) is 4.31 Å². The van der Waals surface area contributed by atoms with Gasteiger partial charge in [-0.1, -0.05) is 49.4 Å². The van der Waals surface area contributed by atoms with Crippen molar-refractivity contribution >= 4 is 15.8 Å². The van der Waals surface area contributed by atoms with E-state index in [1.165, 1.54) is 25.1 Å². The van der Waals surface area contributed by atoms with Crippen LogP contribution in [0, 0.1) is 5.82 Å². The minimum atomic E-state index is -4.10. The third-order valence-electron chi connectivity index (χ3n) is 3.60. The number of carbonyl (C=O) groups excluding carboxylic acids is 1. The lowest BCUT2D eigenvalue weighted by Gasteiger charge is -2.26. The Hall–Kier alpha value is -2.05. The number of carbonyl (C=O) groups is 1. The zero-order valence-corrected chi connectivity index (χ0v) is 13.8. The molecular weight excluding hydrogens is 317 g/mol. The van der Waals surface area contributed by atoms with E-state index in [0.29, 0.717) is 5.56 Å². The van der Waals surface area contributed by atoms with Crippen molar-refractivity contribution in [2.45, 2.75) is 24.8 Å². The number of ketones is 1. The fourth-order valence-corrected chi connectivity index (χ4v) is 4.08. The maximum atomic E-state index is 13.9. The molecule has 0 N–H and O–H groups in total. The van der Waals surface area contributed by atoms with Crippen molar-refractivity contribution in [2.75, 3.05) is 6.54 Å². The van der Waals surface area contributed by atoms with Crippen LogP contribution < -0.4 is 0 Å². The average Bonchev–Trinajstić information content (AvgIpc) is 2.55. The van der Waals surface area contributed by atoms with E-state index in [9.17, 15) is 17.6 Å². The first-order valence-electron chi connectivity index (χ1n) is 7.25. The van der Waals surface area contributed by atoms with Crippen LogP contribution in [0.5, 0.6) is 0 Å². The van der Waals surface area contributed by atoms with Crippen molar-refractivity contribution in [2.24, 2.45) is 0 Å². The third kappa shape index (κ3) is 3.48. The van der Waals surface area contributed by atoms with Gasteiger partial charge in [0.05, 0.1) is 6.04 Å². The number of rotatable bonds is 6. The Balaban J connectivity index is 2.39. The zero-order chi connectivity index (χ0) is 17.0. The molecule has 122 valence electrons. The van der Waals surface area contributed by atoms with Crippen molar-refractivity contribution in [1.29, 1.82) is 0 Å². The minimum absolute atomic E-state index is 0.0659. The molecule has 0 aromatic heterocycles. The highest BCUT2D eigenvalue weighted by Crippen LogP contribution is 2.22. The van der Waals surface area contributed by atoms with Gasteiger partial charge in [-0.15, -0.1) is 0 Å². The summed E-state index contributed by atoms with van der Waals surface area (Å²) in [6.45, 7) is 3.20. The maximum Gasteiger partial charge on any atom is 0.246 e. The second-order valence-electron chi connectivity index (χ2n) is 5.05. The van der Waals surface area contributed by atoms with Crippen LogP contribution in [0.25, 0.3) is 0 Å². The zero-order valence-electron chi connectivity index (χ0n) is 12.9. The SMILES string of the molecule is CCN(C(C)C(=O)c1ccccc1)S(=O)(=O)c1ccccc1F. The number of sulfonamides is 1. The fourth-order valence-electron chi connectivity index (χ4n) is 2.41. The van der Waals surface area contributed by atoms with Crippen LogP contribution in [0.2, 0.25) is 0 Å². The Morgan fingerprint density at radius 2 is 1.65 bits per heavy atom. The predicted molar refractivity (Wildman–Crippen MR) is 86.2 cm³/mol. The lowest BCUT2D eigenvalue weighted by atomic mass is 10.1. The molecule has 2 aromatic carbocycles. The van der Waals surface area contributed by atoms with Crippen LogP contribution in [0.4, 0.5) is 4.39 Å². The van der Waals surface area contributed by atoms with Gasteiger partial charge in [0.15, 0.2) is 5.78 Å². The summed E-state index contributed by atoms with van der Waals surface area (Å²) in [6.07, 6.45) is 0. The Morgan fingerprint density at radius 3 is 2.22 bits per heavy atom. The number of benzene rings is 2. The lowest BCUT2D eigenvalue weighted by molar-refractivity contribution is 0.0910. The highest BCUT2D eigenvalue weighted by Gasteiger charge is 2.33. The number of nitrogens with zero attached hydrogens (tertiary/aromatic N) is 1. The molecule has 1 atom stereocenters. The van der Waals surface area contributed by atoms with Crippen LogP contribution >= 0.6 is 0 Å². The lowest BCUT2D eigenvalue weighted by Crippen LogP contribution is -2.43. The molecule has 0 spiro atoms. The summed E-state index contributed by atoms with van der Waals surface area (Å²) >= 11 is 0. The predicted octanol–water partition coefficient (Wildman–Crippen LogP) is 3.11. The molecule has 4 nitrogen and oxygen atoms in total. The summed E-state index contributed by atoms with van der Waals surface area (Å²) in [5, 5.41) is 0. The number of likely N-dealkylation sites (N-methyl/N-ethyl adjacent to an activating group) is 1. The van der Waals surface area contributed by atoms with Crippen molar-refractivity contribution in [3.8, 4) is 0 Å². The second kappa shape index (κ2) is 7.02. The minimum Gasteiger partial charge on any atom is -0.292 e. The van der Waals surface area contributed by atoms with Gasteiger partial charge in [0.25, 0.3) is 0 Å². The highest BCUT2D eigenvalue weighted by molar-refractivity contribution is 7.89. The third-order valence-corrected chi connectivity index (χ3v) is 5.68. The van der Waals surface area contributed by atoms with Gasteiger partial charge in [0.1, 0.15) is 10.7 Å². The highest BCUT2D eigenvalue weighted by atomic mass is 32.2. The van der Waals surface area contributed by atoms with Crippen LogP contribution in [-0.2, 0) is 10.0 Å². The van der Waals surface area contributed by atoms with Gasteiger partial charge in [-0.3, -0.25) is 4.79 Å². The van der Waals surface area contributed by atoms with Crippen LogP contribution in [-0.4, -0.2) is 31.1 Å². The molecule has 0 saturated heterocycles. The molecule has 2 rings (SSSR count). The van der Waals surface area contributed by atoms with E-state index in [2.05, 4.69) is 0 Å². The molecule has 0 aliphatic heterocycles. The second-order valence-corrected chi connectivity index (χ2v) is 6.90. The Morgan fingerprint density at radius 1 is 1.09 bits per heavy atom. The molecule has 0 saturated carbocycles. The quantitative estimate of drug-likeness (QED) is 0.762. The Bertz CT molecular complexity index is 790. The van der Waals surface area contributed by atoms with E-state index in [-0.39, 0.29) is 12.3 Å². The van der Waals surface area contributed by atoms with Crippen molar-refractivity contribution < 1.29 is 17.6 Å². The van der Waals surface area contributed by atoms with E-state index in [1.54, 1.807) is 37.3 Å². The number of Topliss-reactive ketones (excluding diaryl/α,β-unsaturated/α-hetero) is 1. The van der Waals surface area contributed by atoms with Gasteiger partial charge >= 0.3 is 0 Å². The van der Waals surface area contributed by atoms with E-state index in [1.807, 2.05) is 0 Å². The summed E-state index contributed by atoms with van der Waals surface area (Å²) in [7, 11) is -4.10. The van der Waals surface area contributed by atoms with Gasteiger partial charge in [-0.05, 0) is 19.1 Å². The van der Waals surface area contributed by atoms with Gasteiger partial charge in [0.2, 0.25) is 10.0 Å². The van der Waals surface area contributed by atoms with Crippen molar-refractivity contribution in [1.82, 2.24) is 4.31 Å². The van der Waals surface area contributed by atoms with Gasteiger partial charge in [0, 0.05) is 12.1 Å². The molecule has 0 amide bonds. The van der Waals surface area contributed by atoms with Crippen molar-refractivity contribution in [3.63, 3.8) is 0 Å². The van der Waals surface area contributed by atoms with E-state index in [4.69, 9.17) is 0 Å². The molecule has 0 aliphatic carbocycles. The number of hydrogen-bond acceptors (Lipinski definition) is 3. The summed E-state index contributed by atoms with van der Waals surface area (Å²) in [5.41, 5.74) is 0.419. The normalized spacial score (nSPS) is 13.0. The standard InChI is InChI=1S/C17H18FNO3S/c1-3-19(13(2)17(20)14-9-5-4-6-10-14)23(21,22)16-12-8-7-11-15(16)18/h4-13H,3H2,1-2H3. The molecule has 0 aliphatic rings. The van der Waals surface area contributed by atoms with Crippen LogP contribution in [0.3, 0.4) is 0 Å². The van der Waals surface area contributed by atoms with Crippen LogP contribution in [0.1, 0.15) is 24.2 Å². The summed E-state index contributed by atoms with van der Waals surface area (Å²) in [6, 6.07) is 12.7. The first-order chi connectivity index (χ1) is 10.9. The first kappa shape index (κ1) is 17.3. The number of hydrogen-bond donors (Lipinski definition) is 0. The smallest absolute Gasteiger partial charge is 0.246 e. The summed E-state index contributed by atoms with van der Waals surface area (Å²) in [5.74, 6) is -1.15. The molecule has 2 aromatic rings. The van der Waals surface area contributed by atoms with E-state index >= 15 is 0 Å². The Labute approximate surface area is 135 Å². The van der Waals surface area contributed by atoms with E-state index in [0.717, 1.165) is 10.4 Å². The molecule has 0 bridgehead atoms. The van der Waals surface area contributed by atoms with Crippen molar-refractivity contribution in [3.05, 3.63) is 66.0 Å². The molecule has 6 heteroatoms. The molecular formula is C17H18FNO3S. The molecule has 0 radical (unpaired) electrons. The van der Waals surface area contributed by atoms with Crippen LogP contribution in [0.15, 0.2) is 59.5 Å². The van der Waals surface area contributed by atoms with Gasteiger partial charge < -0.3 is 0 Å². The average molecular weight is 335 g/mol.